The van der Waals surface area contributed by atoms with E-state index in [1.807, 2.05) is 22.9 Å². The molecule has 0 saturated carbocycles. The van der Waals surface area contributed by atoms with Gasteiger partial charge in [-0.3, -0.25) is 19.5 Å². The van der Waals surface area contributed by atoms with E-state index in [0.717, 1.165) is 31.6 Å². The van der Waals surface area contributed by atoms with E-state index >= 15 is 0 Å². The molecule has 2 N–H and O–H groups in total. The minimum absolute atomic E-state index is 0.0457. The average molecular weight is 386 g/mol. The minimum Gasteiger partial charge on any atom is -0.379 e. The van der Waals surface area contributed by atoms with Gasteiger partial charge in [0.25, 0.3) is 0 Å². The van der Waals surface area contributed by atoms with Gasteiger partial charge in [0, 0.05) is 57.5 Å². The number of imidazole rings is 1. The number of nitrogens with one attached hydrogen (secondary N) is 2. The molecule has 3 heterocycles. The summed E-state index contributed by atoms with van der Waals surface area (Å²) >= 11 is 0. The molecule has 0 aromatic carbocycles. The van der Waals surface area contributed by atoms with Crippen LogP contribution in [0.3, 0.4) is 0 Å². The van der Waals surface area contributed by atoms with Crippen molar-refractivity contribution >= 4 is 11.8 Å². The van der Waals surface area contributed by atoms with Gasteiger partial charge in [-0.25, -0.2) is 4.98 Å². The summed E-state index contributed by atoms with van der Waals surface area (Å²) in [4.78, 5) is 34.6. The Balaban J connectivity index is 1.46. The number of nitrogens with zero attached hydrogens (tertiary/aromatic N) is 4. The van der Waals surface area contributed by atoms with Crippen LogP contribution in [0.4, 0.5) is 0 Å². The molecule has 1 saturated heterocycles. The van der Waals surface area contributed by atoms with Gasteiger partial charge in [-0.1, -0.05) is 6.07 Å². The molecule has 3 rings (SSSR count). The third kappa shape index (κ3) is 5.86. The number of rotatable bonds is 8. The highest BCUT2D eigenvalue weighted by molar-refractivity contribution is 6.35. The van der Waals surface area contributed by atoms with Crippen LogP contribution in [0.25, 0.3) is 0 Å². The number of ether oxygens (including phenoxy) is 1. The molecule has 9 heteroatoms. The second kappa shape index (κ2) is 10.5. The molecule has 2 amide bonds. The zero-order valence-electron chi connectivity index (χ0n) is 15.8. The molecule has 0 bridgehead atoms. The van der Waals surface area contributed by atoms with Gasteiger partial charge in [-0.2, -0.15) is 0 Å². The van der Waals surface area contributed by atoms with E-state index in [2.05, 4.69) is 25.5 Å². The predicted octanol–water partition coefficient (Wildman–Crippen LogP) is -0.0259. The van der Waals surface area contributed by atoms with Crippen molar-refractivity contribution in [1.29, 1.82) is 0 Å². The van der Waals surface area contributed by atoms with Crippen LogP contribution in [0, 0.1) is 0 Å². The largest absolute Gasteiger partial charge is 0.379 e. The number of amides is 2. The molecule has 1 atom stereocenters. The number of carbonyl (C=O) groups is 2. The second-order valence-corrected chi connectivity index (χ2v) is 6.57. The fraction of sp³-hybridized carbons (Fsp3) is 0.474. The summed E-state index contributed by atoms with van der Waals surface area (Å²) in [6.45, 7) is 4.37. The highest BCUT2D eigenvalue weighted by Crippen LogP contribution is 2.20. The lowest BCUT2D eigenvalue weighted by atomic mass is 10.1. The Kier molecular flexibility index (Phi) is 7.51. The lowest BCUT2D eigenvalue weighted by Gasteiger charge is -2.34. The molecule has 2 aromatic heterocycles. The Hall–Kier alpha value is -2.78. The van der Waals surface area contributed by atoms with E-state index in [1.54, 1.807) is 24.9 Å². The monoisotopic (exact) mass is 386 g/mol. The number of aromatic nitrogens is 3. The van der Waals surface area contributed by atoms with Crippen molar-refractivity contribution < 1.29 is 14.3 Å². The van der Waals surface area contributed by atoms with Gasteiger partial charge in [0.05, 0.1) is 25.6 Å². The van der Waals surface area contributed by atoms with Crippen molar-refractivity contribution in [2.45, 2.75) is 19.0 Å². The molecule has 1 aliphatic rings. The van der Waals surface area contributed by atoms with E-state index < -0.39 is 11.8 Å². The van der Waals surface area contributed by atoms with Crippen LogP contribution in [0.2, 0.25) is 0 Å². The van der Waals surface area contributed by atoms with Crippen LogP contribution in [0.5, 0.6) is 0 Å². The summed E-state index contributed by atoms with van der Waals surface area (Å²) in [6.07, 6.45) is 9.52. The quantitative estimate of drug-likeness (QED) is 0.488. The van der Waals surface area contributed by atoms with Crippen LogP contribution in [0.1, 0.15) is 18.0 Å². The Morgan fingerprint density at radius 1 is 1.14 bits per heavy atom. The predicted molar refractivity (Wildman–Crippen MR) is 102 cm³/mol. The number of pyridine rings is 1. The van der Waals surface area contributed by atoms with E-state index in [1.165, 1.54) is 0 Å². The van der Waals surface area contributed by atoms with Gasteiger partial charge in [0.2, 0.25) is 0 Å². The number of carbonyl (C=O) groups excluding carboxylic acids is 2. The standard InChI is InChI=1S/C19H26N6O3/c26-18(22-5-2-7-24-8-6-21-15-24)19(27)23-14-17(16-3-1-4-20-13-16)25-9-11-28-12-10-25/h1,3-4,6,8,13,15,17H,2,5,7,9-12,14H2,(H,22,26)(H,23,27). The molecule has 28 heavy (non-hydrogen) atoms. The molecule has 0 spiro atoms. The summed E-state index contributed by atoms with van der Waals surface area (Å²) in [5.74, 6) is -1.23. The number of hydrogen-bond acceptors (Lipinski definition) is 6. The van der Waals surface area contributed by atoms with Gasteiger partial charge in [-0.05, 0) is 18.1 Å². The molecule has 2 aromatic rings. The lowest BCUT2D eigenvalue weighted by molar-refractivity contribution is -0.139. The third-order valence-electron chi connectivity index (χ3n) is 4.66. The van der Waals surface area contributed by atoms with Crippen molar-refractivity contribution in [3.63, 3.8) is 0 Å². The van der Waals surface area contributed by atoms with Gasteiger partial charge in [-0.15, -0.1) is 0 Å². The van der Waals surface area contributed by atoms with Crippen LogP contribution in [-0.2, 0) is 20.9 Å². The summed E-state index contributed by atoms with van der Waals surface area (Å²) in [5, 5.41) is 5.41. The first-order chi connectivity index (χ1) is 13.7. The molecular formula is C19H26N6O3. The average Bonchev–Trinajstić information content (AvgIpc) is 3.26. The summed E-state index contributed by atoms with van der Waals surface area (Å²) in [5.41, 5.74) is 1.01. The van der Waals surface area contributed by atoms with Crippen LogP contribution < -0.4 is 10.6 Å². The first kappa shape index (κ1) is 20.0. The topological polar surface area (TPSA) is 101 Å². The molecule has 0 aliphatic carbocycles. The van der Waals surface area contributed by atoms with Gasteiger partial charge in [0.15, 0.2) is 0 Å². The zero-order valence-corrected chi connectivity index (χ0v) is 15.8. The van der Waals surface area contributed by atoms with Gasteiger partial charge >= 0.3 is 11.8 Å². The molecule has 9 nitrogen and oxygen atoms in total. The summed E-state index contributed by atoms with van der Waals surface area (Å²) in [6, 6.07) is 3.81. The van der Waals surface area contributed by atoms with Crippen molar-refractivity contribution in [1.82, 2.24) is 30.1 Å². The SMILES string of the molecule is O=C(NCCCn1ccnc1)C(=O)NCC(c1cccnc1)N1CCOCC1. The van der Waals surface area contributed by atoms with Crippen molar-refractivity contribution in [2.24, 2.45) is 0 Å². The second-order valence-electron chi connectivity index (χ2n) is 6.57. The lowest BCUT2D eigenvalue weighted by Crippen LogP contribution is -2.46. The molecular weight excluding hydrogens is 360 g/mol. The fourth-order valence-electron chi connectivity index (χ4n) is 3.15. The third-order valence-corrected chi connectivity index (χ3v) is 4.66. The first-order valence-corrected chi connectivity index (χ1v) is 9.47. The maximum absolute atomic E-state index is 12.2. The van der Waals surface area contributed by atoms with Crippen LogP contribution in [-0.4, -0.2) is 70.6 Å². The Morgan fingerprint density at radius 2 is 1.96 bits per heavy atom. The normalized spacial score (nSPS) is 15.7. The van der Waals surface area contributed by atoms with E-state index in [0.29, 0.717) is 26.3 Å². The highest BCUT2D eigenvalue weighted by atomic mass is 16.5. The van der Waals surface area contributed by atoms with E-state index in [4.69, 9.17) is 4.74 Å². The van der Waals surface area contributed by atoms with Crippen LogP contribution >= 0.6 is 0 Å². The number of aryl methyl sites for hydroxylation is 1. The minimum atomic E-state index is -0.621. The number of hydrogen-bond donors (Lipinski definition) is 2. The molecule has 1 fully saturated rings. The van der Waals surface area contributed by atoms with Crippen molar-refractivity contribution in [3.8, 4) is 0 Å². The van der Waals surface area contributed by atoms with Gasteiger partial charge in [0.1, 0.15) is 0 Å². The first-order valence-electron chi connectivity index (χ1n) is 9.47. The van der Waals surface area contributed by atoms with Crippen molar-refractivity contribution in [3.05, 3.63) is 48.8 Å². The fourth-order valence-corrected chi connectivity index (χ4v) is 3.15. The summed E-state index contributed by atoms with van der Waals surface area (Å²) in [7, 11) is 0. The van der Waals surface area contributed by atoms with Gasteiger partial charge < -0.3 is 19.9 Å². The molecule has 1 aliphatic heterocycles. The Labute approximate surface area is 164 Å². The number of morpholine rings is 1. The maximum Gasteiger partial charge on any atom is 0.309 e. The molecule has 1 unspecified atom stereocenters. The zero-order chi connectivity index (χ0) is 19.6. The van der Waals surface area contributed by atoms with Crippen LogP contribution in [0.15, 0.2) is 43.2 Å². The van der Waals surface area contributed by atoms with E-state index in [9.17, 15) is 9.59 Å². The molecule has 150 valence electrons. The summed E-state index contributed by atoms with van der Waals surface area (Å²) < 4.78 is 7.34. The molecule has 0 radical (unpaired) electrons. The maximum atomic E-state index is 12.2. The van der Waals surface area contributed by atoms with E-state index in [-0.39, 0.29) is 6.04 Å². The Morgan fingerprint density at radius 3 is 2.68 bits per heavy atom. The Bertz CT molecular complexity index is 731. The van der Waals surface area contributed by atoms with Crippen molar-refractivity contribution in [2.75, 3.05) is 39.4 Å². The highest BCUT2D eigenvalue weighted by Gasteiger charge is 2.24. The smallest absolute Gasteiger partial charge is 0.309 e.